The molecule has 2 spiro atoms. The molecular weight excluding hydrogens is 1480 g/mol. The molecular formula is C111H76N4O2Si2. The topological polar surface area (TPSA) is 70.0 Å². The molecule has 4 heterocycles. The van der Waals surface area contributed by atoms with E-state index < -0.39 is 27.0 Å². The molecule has 560 valence electrons. The first-order chi connectivity index (χ1) is 58.6. The van der Waals surface area contributed by atoms with Gasteiger partial charge in [-0.05, 0) is 142 Å². The van der Waals surface area contributed by atoms with Gasteiger partial charge >= 0.3 is 0 Å². The van der Waals surface area contributed by atoms with Crippen LogP contribution in [-0.2, 0) is 10.8 Å². The number of nitrogens with zero attached hydrogens (tertiary/aromatic N) is 4. The Kier molecular flexibility index (Phi) is 16.0. The maximum atomic E-state index is 7.44. The number of hydrogen-bond acceptors (Lipinski definition) is 6. The van der Waals surface area contributed by atoms with Crippen LogP contribution in [0.5, 0.6) is 23.0 Å². The summed E-state index contributed by atoms with van der Waals surface area (Å²) >= 11 is 0. The van der Waals surface area contributed by atoms with E-state index in [4.69, 9.17) is 29.4 Å². The molecule has 0 amide bonds. The Hall–Kier alpha value is -14.5. The molecule has 0 fully saturated rings. The molecule has 0 saturated heterocycles. The first-order valence-corrected chi connectivity index (χ1v) is 46.5. The van der Waals surface area contributed by atoms with Crippen LogP contribution in [0.4, 0.5) is 0 Å². The average Bonchev–Trinajstić information content (AvgIpc) is 1.53. The summed E-state index contributed by atoms with van der Waals surface area (Å²) in [5, 5.41) is 8.76. The van der Waals surface area contributed by atoms with Crippen molar-refractivity contribution in [3.05, 3.63) is 451 Å². The van der Waals surface area contributed by atoms with Gasteiger partial charge in [-0.3, -0.25) is 0 Å². The lowest BCUT2D eigenvalue weighted by Crippen LogP contribution is -2.74. The SMILES string of the molecule is C[Si](C)(C)c1ccc(-c2ccc(-c3nc(-c4ccc5c(c4)-c4ccccc4C54c5ccccc5Oc5ccccc54)c4ccc(-c5cccc6c5Oc5ccccc5C65c6ccccc6-c6cc(-c7nc(-c8ccc(-c9ccc([Si](c%10ccccc%10)(c%10ccccc%10)c%10ccccc%10)cc9)cc8)c8ccccc8n7)ccc65)cc4n3)cc2)cc1. The third-order valence-electron chi connectivity index (χ3n) is 25.6. The van der Waals surface area contributed by atoms with Crippen LogP contribution in [0.3, 0.4) is 0 Å². The van der Waals surface area contributed by atoms with Crippen LogP contribution in [0.1, 0.15) is 44.5 Å². The molecule has 2 aliphatic carbocycles. The highest BCUT2D eigenvalue weighted by Gasteiger charge is 2.53. The smallest absolute Gasteiger partial charge is 0.179 e. The normalized spacial score (nSPS) is 14.2. The van der Waals surface area contributed by atoms with Gasteiger partial charge in [0.25, 0.3) is 0 Å². The lowest BCUT2D eigenvalue weighted by Gasteiger charge is -2.40. The monoisotopic (exact) mass is 1550 g/mol. The third kappa shape index (κ3) is 10.8. The predicted molar refractivity (Wildman–Crippen MR) is 492 cm³/mol. The second-order valence-electron chi connectivity index (χ2n) is 32.9. The second kappa shape index (κ2) is 27.3. The van der Waals surface area contributed by atoms with Gasteiger partial charge in [0.1, 0.15) is 23.0 Å². The third-order valence-corrected chi connectivity index (χ3v) is 32.5. The van der Waals surface area contributed by atoms with E-state index in [1.54, 1.807) is 0 Å². The standard InChI is InChI=1S/C111H76N4O2Si2/c1-118(2,3)80-61-54-73(55-62-80)72-48-52-76(53-49-72)108-113-101-70-77(58-65-89(101)106(115-108)78-59-66-94-90(68-78)86-32-13-16-36-92(86)110(94)96-38-18-22-43-102(96)116-103-44-23-19-39-97(103)110)85-35-25-41-99-107(85)117-104-45-24-20-40-98(104)111(99)93-37-17-14-33-87(93)91-69-79(60-67-95(91)111)109-112-100-42-21-15-34-88(100)105(114-109)75-50-46-71(47-51-75)74-56-63-84(64-57-74)119(81-26-7-4-8-27-81,82-28-9-5-10-29-82)83-30-11-6-12-31-83/h4-70H,1-3H3. The first kappa shape index (κ1) is 69.9. The summed E-state index contributed by atoms with van der Waals surface area (Å²) in [6, 6.07) is 149. The minimum absolute atomic E-state index is 0.611. The summed E-state index contributed by atoms with van der Waals surface area (Å²) in [6.07, 6.45) is 0. The quantitative estimate of drug-likeness (QED) is 0.0897. The summed E-state index contributed by atoms with van der Waals surface area (Å²) in [5.41, 5.74) is 26.3. The number of aromatic nitrogens is 4. The highest BCUT2D eigenvalue weighted by molar-refractivity contribution is 7.19. The van der Waals surface area contributed by atoms with Crippen molar-refractivity contribution in [2.45, 2.75) is 30.5 Å². The molecule has 1 unspecified atom stereocenters. The van der Waals surface area contributed by atoms with Crippen LogP contribution < -0.4 is 35.4 Å². The maximum absolute atomic E-state index is 7.44. The number of hydrogen-bond donors (Lipinski definition) is 0. The molecule has 2 aromatic heterocycles. The Bertz CT molecular complexity index is 7170. The van der Waals surface area contributed by atoms with Gasteiger partial charge in [-0.1, -0.05) is 383 Å². The first-order valence-electron chi connectivity index (χ1n) is 41.0. The fraction of sp³-hybridized carbons (Fsp3) is 0.0450. The van der Waals surface area contributed by atoms with Crippen LogP contribution in [0.25, 0.3) is 123 Å². The van der Waals surface area contributed by atoms with Crippen LogP contribution in [-0.4, -0.2) is 36.1 Å². The molecule has 0 saturated carbocycles. The lowest BCUT2D eigenvalue weighted by molar-refractivity contribution is 0.436. The van der Waals surface area contributed by atoms with Gasteiger partial charge in [0.15, 0.2) is 19.7 Å². The van der Waals surface area contributed by atoms with Gasteiger partial charge in [0, 0.05) is 60.8 Å². The van der Waals surface area contributed by atoms with Gasteiger partial charge < -0.3 is 9.47 Å². The number of ether oxygens (including phenoxy) is 2. The van der Waals surface area contributed by atoms with Crippen molar-refractivity contribution in [3.8, 4) is 124 Å². The van der Waals surface area contributed by atoms with Crippen molar-refractivity contribution in [1.29, 1.82) is 0 Å². The molecule has 4 aliphatic rings. The zero-order valence-electron chi connectivity index (χ0n) is 65.8. The van der Waals surface area contributed by atoms with Gasteiger partial charge in [-0.15, -0.1) is 0 Å². The molecule has 17 aromatic carbocycles. The molecule has 23 rings (SSSR count). The molecule has 8 heteroatoms. The number of fused-ring (bicyclic) bond motifs is 20. The minimum Gasteiger partial charge on any atom is -0.457 e. The van der Waals surface area contributed by atoms with E-state index in [-0.39, 0.29) is 0 Å². The molecule has 19 aromatic rings. The highest BCUT2D eigenvalue weighted by Crippen LogP contribution is 2.65. The van der Waals surface area contributed by atoms with Crippen molar-refractivity contribution >= 4 is 63.9 Å². The van der Waals surface area contributed by atoms with Gasteiger partial charge in [-0.25, -0.2) is 19.9 Å². The summed E-state index contributed by atoms with van der Waals surface area (Å²) in [7, 11) is -4.19. The molecule has 0 bridgehead atoms. The summed E-state index contributed by atoms with van der Waals surface area (Å²) < 4.78 is 14.2. The van der Waals surface area contributed by atoms with Crippen LogP contribution in [0.2, 0.25) is 19.6 Å². The summed E-state index contributed by atoms with van der Waals surface area (Å²) in [6.45, 7) is 7.19. The highest BCUT2D eigenvalue weighted by atomic mass is 28.3. The molecule has 6 nitrogen and oxygen atoms in total. The number of benzene rings is 17. The Morgan fingerprint density at radius 2 is 0.580 bits per heavy atom. The van der Waals surface area contributed by atoms with Crippen molar-refractivity contribution < 1.29 is 9.47 Å². The Morgan fingerprint density at radius 1 is 0.218 bits per heavy atom. The predicted octanol–water partition coefficient (Wildman–Crippen LogP) is 24.1. The van der Waals surface area contributed by atoms with E-state index in [1.807, 2.05) is 0 Å². The Labute approximate surface area is 693 Å². The minimum atomic E-state index is -2.69. The van der Waals surface area contributed by atoms with E-state index in [9.17, 15) is 0 Å². The largest absolute Gasteiger partial charge is 0.457 e. The van der Waals surface area contributed by atoms with Crippen molar-refractivity contribution in [2.75, 3.05) is 0 Å². The fourth-order valence-corrected chi connectivity index (χ4v) is 26.1. The van der Waals surface area contributed by atoms with E-state index in [0.29, 0.717) is 11.6 Å². The van der Waals surface area contributed by atoms with Gasteiger partial charge in [0.05, 0.1) is 41.3 Å². The Balaban J connectivity index is 0.631. The Morgan fingerprint density at radius 3 is 1.13 bits per heavy atom. The zero-order valence-corrected chi connectivity index (χ0v) is 67.8. The zero-order chi connectivity index (χ0) is 79.1. The fourth-order valence-electron chi connectivity index (χ4n) is 20.1. The molecule has 1 atom stereocenters. The van der Waals surface area contributed by atoms with E-state index in [2.05, 4.69) is 426 Å². The van der Waals surface area contributed by atoms with Crippen LogP contribution >= 0.6 is 0 Å². The molecule has 119 heavy (non-hydrogen) atoms. The average molecular weight is 1550 g/mol. The lowest BCUT2D eigenvalue weighted by atomic mass is 9.65. The van der Waals surface area contributed by atoms with E-state index >= 15 is 0 Å². The van der Waals surface area contributed by atoms with Crippen molar-refractivity contribution in [1.82, 2.24) is 19.9 Å². The molecule has 0 N–H and O–H groups in total. The van der Waals surface area contributed by atoms with Gasteiger partial charge in [-0.2, -0.15) is 0 Å². The summed E-state index contributed by atoms with van der Waals surface area (Å²) in [5.74, 6) is 4.63. The van der Waals surface area contributed by atoms with Crippen LogP contribution in [0.15, 0.2) is 406 Å². The maximum Gasteiger partial charge on any atom is 0.179 e. The summed E-state index contributed by atoms with van der Waals surface area (Å²) in [4.78, 5) is 22.2. The van der Waals surface area contributed by atoms with Crippen LogP contribution in [0, 0.1) is 0 Å². The second-order valence-corrected chi connectivity index (χ2v) is 41.8. The van der Waals surface area contributed by atoms with E-state index in [1.165, 1.54) is 53.8 Å². The van der Waals surface area contributed by atoms with Crippen molar-refractivity contribution in [3.63, 3.8) is 0 Å². The van der Waals surface area contributed by atoms with Gasteiger partial charge in [0.2, 0.25) is 0 Å². The molecule has 0 radical (unpaired) electrons. The van der Waals surface area contributed by atoms with E-state index in [0.717, 1.165) is 151 Å². The number of rotatable bonds is 12. The number of para-hydroxylation sites is 5. The van der Waals surface area contributed by atoms with Crippen molar-refractivity contribution in [2.24, 2.45) is 0 Å². The molecule has 2 aliphatic heterocycles.